The number of amides is 3. The number of likely N-dealkylation sites (tertiary alicyclic amines) is 1. The number of nitrogens with two attached hydrogens (primary N) is 2. The fourth-order valence-electron chi connectivity index (χ4n) is 6.58. The number of hydrogen-bond acceptors (Lipinski definition) is 11. The minimum absolute atomic E-state index is 0.0888. The van der Waals surface area contributed by atoms with Crippen LogP contribution < -0.4 is 27.4 Å². The van der Waals surface area contributed by atoms with E-state index in [1.807, 2.05) is 30.3 Å². The zero-order chi connectivity index (χ0) is 36.9. The van der Waals surface area contributed by atoms with E-state index in [2.05, 4.69) is 81.8 Å². The van der Waals surface area contributed by atoms with E-state index >= 15 is 0 Å². The van der Waals surface area contributed by atoms with Gasteiger partial charge in [-0.3, -0.25) is 9.59 Å². The molecule has 3 amide bonds. The van der Waals surface area contributed by atoms with Crippen molar-refractivity contribution in [1.29, 1.82) is 0 Å². The number of aromatic nitrogens is 6. The maximum Gasteiger partial charge on any atom is 0.410 e. The maximum absolute atomic E-state index is 12.6. The highest BCUT2D eigenvalue weighted by Crippen LogP contribution is 2.30. The third-order valence-electron chi connectivity index (χ3n) is 9.41. The van der Waals surface area contributed by atoms with Crippen molar-refractivity contribution in [2.24, 2.45) is 23.3 Å². The van der Waals surface area contributed by atoms with Crippen molar-refractivity contribution in [2.45, 2.75) is 45.4 Å². The lowest BCUT2D eigenvalue weighted by atomic mass is 10.0. The Hall–Kier alpha value is -4.81. The molecule has 16 nitrogen and oxygen atoms in total. The van der Waals surface area contributed by atoms with Crippen LogP contribution in [0.2, 0.25) is 0 Å². The number of hydrogen-bond donors (Lipinski definition) is 5. The molecule has 18 heteroatoms. The van der Waals surface area contributed by atoms with Crippen molar-refractivity contribution < 1.29 is 19.1 Å². The largest absolute Gasteiger partial charge is 0.445 e. The van der Waals surface area contributed by atoms with Crippen LogP contribution in [-0.2, 0) is 11.3 Å². The number of nitrogens with one attached hydrogen (secondary N) is 3. The number of nitrogens with zero attached hydrogens (tertiary/aromatic N) is 7. The van der Waals surface area contributed by atoms with Crippen LogP contribution >= 0.6 is 31.9 Å². The minimum atomic E-state index is -0.596. The molecule has 0 bridgehead atoms. The zero-order valence-electron chi connectivity index (χ0n) is 28.6. The molecule has 7 N–H and O–H groups in total. The predicted molar refractivity (Wildman–Crippen MR) is 202 cm³/mol. The van der Waals surface area contributed by atoms with Gasteiger partial charge in [0.05, 0.1) is 47.3 Å². The second kappa shape index (κ2) is 16.2. The smallest absolute Gasteiger partial charge is 0.410 e. The quantitative estimate of drug-likeness (QED) is 0.135. The molecule has 2 aliphatic rings. The van der Waals surface area contributed by atoms with Gasteiger partial charge in [-0.25, -0.2) is 23.8 Å². The summed E-state index contributed by atoms with van der Waals surface area (Å²) in [5.74, 6) is -0.415. The Morgan fingerprint density at radius 3 is 1.92 bits per heavy atom. The average Bonchev–Trinajstić information content (AvgIpc) is 3.93. The Bertz CT molecular complexity index is 2070. The first kappa shape index (κ1) is 37.0. The van der Waals surface area contributed by atoms with Gasteiger partial charge in [-0.2, -0.15) is 10.2 Å². The van der Waals surface area contributed by atoms with Gasteiger partial charge in [0, 0.05) is 38.3 Å². The summed E-state index contributed by atoms with van der Waals surface area (Å²) >= 11 is 6.67. The fourth-order valence-corrected chi connectivity index (χ4v) is 7.31. The SMILES string of the molecule is CC[C@H]1CN(C(=O)OCc2ccccc2)C[C@H]1Nc1c(C(N)=O)cnn2cc(Br)nc12.CC[C@H]1CNC[C@H]1Nc1c(C(N)=O)cnn2cc(Br)nc12. The summed E-state index contributed by atoms with van der Waals surface area (Å²) in [5, 5.41) is 18.6. The molecule has 52 heavy (non-hydrogen) atoms. The molecule has 4 atom stereocenters. The molecule has 0 aliphatic carbocycles. The van der Waals surface area contributed by atoms with Crippen molar-refractivity contribution in [1.82, 2.24) is 39.4 Å². The number of anilines is 2. The van der Waals surface area contributed by atoms with Crippen LogP contribution in [0.1, 0.15) is 53.0 Å². The molecule has 0 spiro atoms. The van der Waals surface area contributed by atoms with E-state index in [9.17, 15) is 14.4 Å². The van der Waals surface area contributed by atoms with Crippen LogP contribution in [0.5, 0.6) is 0 Å². The summed E-state index contributed by atoms with van der Waals surface area (Å²) in [5.41, 5.74) is 14.8. The van der Waals surface area contributed by atoms with Crippen LogP contribution in [0.3, 0.4) is 0 Å². The zero-order valence-corrected chi connectivity index (χ0v) is 31.8. The molecular formula is C34H40Br2N12O4. The summed E-state index contributed by atoms with van der Waals surface area (Å²) < 4.78 is 9.94. The maximum atomic E-state index is 12.6. The van der Waals surface area contributed by atoms with Crippen molar-refractivity contribution in [2.75, 3.05) is 36.8 Å². The summed E-state index contributed by atoms with van der Waals surface area (Å²) in [6.07, 6.45) is 7.91. The number of primary amides is 2. The molecule has 0 saturated carbocycles. The van der Waals surface area contributed by atoms with Crippen LogP contribution in [0, 0.1) is 11.8 Å². The van der Waals surface area contributed by atoms with E-state index in [1.165, 1.54) is 12.4 Å². The molecule has 6 heterocycles. The number of halogens is 2. The normalized spacial score (nSPS) is 19.7. The van der Waals surface area contributed by atoms with Crippen LogP contribution in [0.25, 0.3) is 11.3 Å². The third-order valence-corrected chi connectivity index (χ3v) is 10.2. The summed E-state index contributed by atoms with van der Waals surface area (Å²) in [4.78, 5) is 46.8. The Morgan fingerprint density at radius 1 is 0.827 bits per heavy atom. The van der Waals surface area contributed by atoms with E-state index in [1.54, 1.807) is 26.3 Å². The fraction of sp³-hybridized carbons (Fsp3) is 0.382. The summed E-state index contributed by atoms with van der Waals surface area (Å²) in [6.45, 7) is 7.29. The Balaban J connectivity index is 0.000000192. The van der Waals surface area contributed by atoms with Crippen molar-refractivity contribution >= 4 is 72.4 Å². The topological polar surface area (TPSA) is 212 Å². The van der Waals surface area contributed by atoms with Crippen LogP contribution in [0.4, 0.5) is 16.2 Å². The lowest BCUT2D eigenvalue weighted by Crippen LogP contribution is -2.33. The van der Waals surface area contributed by atoms with Gasteiger partial charge in [-0.15, -0.1) is 0 Å². The highest BCUT2D eigenvalue weighted by molar-refractivity contribution is 9.10. The van der Waals surface area contributed by atoms with Gasteiger partial charge in [0.2, 0.25) is 0 Å². The molecule has 2 fully saturated rings. The highest BCUT2D eigenvalue weighted by Gasteiger charge is 2.36. The van der Waals surface area contributed by atoms with E-state index < -0.39 is 11.8 Å². The molecule has 7 rings (SSSR count). The summed E-state index contributed by atoms with van der Waals surface area (Å²) in [6, 6.07) is 9.72. The Morgan fingerprint density at radius 2 is 1.38 bits per heavy atom. The van der Waals surface area contributed by atoms with Gasteiger partial charge in [-0.1, -0.05) is 50.6 Å². The van der Waals surface area contributed by atoms with Gasteiger partial charge in [0.15, 0.2) is 11.3 Å². The van der Waals surface area contributed by atoms with Gasteiger partial charge in [-0.05, 0) is 55.7 Å². The van der Waals surface area contributed by atoms with E-state index in [0.29, 0.717) is 56.4 Å². The van der Waals surface area contributed by atoms with Gasteiger partial charge < -0.3 is 37.1 Å². The second-order valence-corrected chi connectivity index (χ2v) is 14.3. The molecule has 1 aromatic carbocycles. The minimum Gasteiger partial charge on any atom is -0.445 e. The van der Waals surface area contributed by atoms with Crippen LogP contribution in [-0.4, -0.2) is 90.3 Å². The van der Waals surface area contributed by atoms with Crippen LogP contribution in [0.15, 0.2) is 64.3 Å². The highest BCUT2D eigenvalue weighted by atomic mass is 79.9. The first-order valence-electron chi connectivity index (χ1n) is 16.9. The summed E-state index contributed by atoms with van der Waals surface area (Å²) in [7, 11) is 0. The standard InChI is InChI=1S/C21H23BrN6O3.C13H17BrN6O/c1-2-14-9-27(21(30)31-12-13-6-4-3-5-7-13)10-16(14)25-18-15(19(23)29)8-24-28-11-17(22)26-20(18)28;1-2-7-3-16-5-9(7)18-11-8(12(15)21)4-17-20-6-10(14)19-13(11)20/h3-8,11,14,16,25H,2,9-10,12H2,1H3,(H2,23,29);4,6-7,9,16,18H,2-3,5H2,1H3,(H2,15,21)/t14-,16+;7-,9+/m00/s1. The van der Waals surface area contributed by atoms with Gasteiger partial charge in [0.25, 0.3) is 11.8 Å². The molecular weight excluding hydrogens is 800 g/mol. The predicted octanol–water partition coefficient (Wildman–Crippen LogP) is 4.05. The number of carbonyl (C=O) groups excluding carboxylic acids is 3. The first-order valence-corrected chi connectivity index (χ1v) is 18.5. The van der Waals surface area contributed by atoms with E-state index in [0.717, 1.165) is 31.5 Å². The van der Waals surface area contributed by atoms with Gasteiger partial charge >= 0.3 is 6.09 Å². The lowest BCUT2D eigenvalue weighted by molar-refractivity contribution is 0.0992. The van der Waals surface area contributed by atoms with Crippen molar-refractivity contribution in [3.63, 3.8) is 0 Å². The first-order chi connectivity index (χ1) is 25.1. The number of benzene rings is 1. The molecule has 2 aliphatic heterocycles. The Kier molecular flexibility index (Phi) is 11.6. The molecule has 0 radical (unpaired) electrons. The van der Waals surface area contributed by atoms with Crippen molar-refractivity contribution in [3.8, 4) is 0 Å². The molecule has 274 valence electrons. The Labute approximate surface area is 316 Å². The molecule has 5 aromatic rings. The molecule has 2 saturated heterocycles. The number of imidazole rings is 2. The molecule has 4 aromatic heterocycles. The number of carbonyl (C=O) groups is 3. The number of ether oxygens (including phenoxy) is 1. The lowest BCUT2D eigenvalue weighted by Gasteiger charge is -2.21. The van der Waals surface area contributed by atoms with Gasteiger partial charge in [0.1, 0.15) is 15.8 Å². The second-order valence-electron chi connectivity index (χ2n) is 12.7. The number of rotatable bonds is 10. The van der Waals surface area contributed by atoms with Crippen molar-refractivity contribution in [3.05, 3.63) is 81.0 Å². The third kappa shape index (κ3) is 8.13. The average molecular weight is 841 g/mol. The number of fused-ring (bicyclic) bond motifs is 2. The molecule has 0 unspecified atom stereocenters. The monoisotopic (exact) mass is 838 g/mol. The van der Waals surface area contributed by atoms with E-state index in [-0.39, 0.29) is 36.3 Å². The van der Waals surface area contributed by atoms with E-state index in [4.69, 9.17) is 16.2 Å².